The van der Waals surface area contributed by atoms with Crippen LogP contribution in [-0.4, -0.2) is 35.1 Å². The Kier molecular flexibility index (Phi) is 4.20. The van der Waals surface area contributed by atoms with E-state index < -0.39 is 0 Å². The fourth-order valence-corrected chi connectivity index (χ4v) is 2.34. The van der Waals surface area contributed by atoms with Crippen LogP contribution >= 0.6 is 0 Å². The van der Waals surface area contributed by atoms with E-state index in [9.17, 15) is 9.90 Å². The molecule has 1 saturated heterocycles. The van der Waals surface area contributed by atoms with E-state index in [0.717, 1.165) is 30.6 Å². The third kappa shape index (κ3) is 3.23. The molecule has 0 bridgehead atoms. The van der Waals surface area contributed by atoms with Crippen molar-refractivity contribution in [3.05, 3.63) is 29.8 Å². The number of carbonyl (C=O) groups is 1. The van der Waals surface area contributed by atoms with E-state index in [-0.39, 0.29) is 12.0 Å². The minimum atomic E-state index is -0.357. The molecule has 4 nitrogen and oxygen atoms in total. The third-order valence-electron chi connectivity index (χ3n) is 3.41. The van der Waals surface area contributed by atoms with E-state index in [1.807, 2.05) is 24.3 Å². The summed E-state index contributed by atoms with van der Waals surface area (Å²) in [4.78, 5) is 13.8. The first kappa shape index (κ1) is 12.9. The topological polar surface area (TPSA) is 66.6 Å². The third-order valence-corrected chi connectivity index (χ3v) is 3.41. The minimum Gasteiger partial charge on any atom is -0.399 e. The van der Waals surface area contributed by atoms with Gasteiger partial charge in [-0.2, -0.15) is 0 Å². The Balaban J connectivity index is 1.86. The lowest BCUT2D eigenvalue weighted by Gasteiger charge is -2.30. The number of aliphatic hydroxyl groups is 1. The summed E-state index contributed by atoms with van der Waals surface area (Å²) in [5.74, 6) is 0.108. The van der Waals surface area contributed by atoms with Crippen LogP contribution < -0.4 is 5.73 Å². The Morgan fingerprint density at radius 1 is 1.44 bits per heavy atom. The maximum absolute atomic E-state index is 12.0. The van der Waals surface area contributed by atoms with Crippen LogP contribution in [0.1, 0.15) is 24.8 Å². The van der Waals surface area contributed by atoms with Crippen LogP contribution in [0.25, 0.3) is 0 Å². The van der Waals surface area contributed by atoms with Crippen molar-refractivity contribution in [3.8, 4) is 0 Å². The molecule has 1 fully saturated rings. The zero-order chi connectivity index (χ0) is 13.0. The van der Waals surface area contributed by atoms with Crippen molar-refractivity contribution in [3.63, 3.8) is 0 Å². The van der Waals surface area contributed by atoms with Crippen molar-refractivity contribution in [2.45, 2.75) is 31.8 Å². The highest BCUT2D eigenvalue weighted by molar-refractivity contribution is 5.76. The van der Waals surface area contributed by atoms with Crippen molar-refractivity contribution >= 4 is 11.6 Å². The molecule has 0 aromatic heterocycles. The molecular weight excluding hydrogens is 228 g/mol. The fraction of sp³-hybridized carbons (Fsp3) is 0.500. The van der Waals surface area contributed by atoms with Crippen molar-refractivity contribution in [2.24, 2.45) is 0 Å². The van der Waals surface area contributed by atoms with Gasteiger partial charge in [-0.1, -0.05) is 18.2 Å². The summed E-state index contributed by atoms with van der Waals surface area (Å²) >= 11 is 0. The average Bonchev–Trinajstić information content (AvgIpc) is 2.37. The predicted molar refractivity (Wildman–Crippen MR) is 71.0 cm³/mol. The van der Waals surface area contributed by atoms with Crippen LogP contribution in [0.4, 0.5) is 5.69 Å². The van der Waals surface area contributed by atoms with Gasteiger partial charge in [-0.05, 0) is 30.9 Å². The standard InChI is InChI=1S/C14H20N2O2/c15-13-6-2-1-4-11(13)7-8-14(18)16-9-3-5-12(17)10-16/h1-2,4,6,12,17H,3,5,7-10,15H2/t12-/m0/s1. The lowest BCUT2D eigenvalue weighted by atomic mass is 10.1. The molecule has 1 aromatic rings. The van der Waals surface area contributed by atoms with Crippen LogP contribution in [0, 0.1) is 0 Å². The quantitative estimate of drug-likeness (QED) is 0.789. The number of aliphatic hydroxyl groups excluding tert-OH is 1. The summed E-state index contributed by atoms with van der Waals surface area (Å²) in [6.45, 7) is 1.24. The highest BCUT2D eigenvalue weighted by Gasteiger charge is 2.21. The number of anilines is 1. The van der Waals surface area contributed by atoms with Gasteiger partial charge in [0.1, 0.15) is 0 Å². The van der Waals surface area contributed by atoms with Gasteiger partial charge in [-0.3, -0.25) is 4.79 Å². The first-order valence-corrected chi connectivity index (χ1v) is 6.46. The maximum atomic E-state index is 12.0. The van der Waals surface area contributed by atoms with Gasteiger partial charge in [0.2, 0.25) is 5.91 Å². The number of β-amino-alcohol motifs (C(OH)–C–C–N with tert-alkyl or cyclic N) is 1. The molecule has 2 rings (SSSR count). The molecule has 98 valence electrons. The van der Waals surface area contributed by atoms with E-state index >= 15 is 0 Å². The zero-order valence-corrected chi connectivity index (χ0v) is 10.5. The molecule has 1 atom stereocenters. The molecule has 18 heavy (non-hydrogen) atoms. The number of para-hydroxylation sites is 1. The van der Waals surface area contributed by atoms with Gasteiger partial charge in [0.25, 0.3) is 0 Å². The van der Waals surface area contributed by atoms with Crippen LogP contribution in [-0.2, 0) is 11.2 Å². The summed E-state index contributed by atoms with van der Waals surface area (Å²) in [6.07, 6.45) is 2.46. The number of likely N-dealkylation sites (tertiary alicyclic amines) is 1. The second-order valence-electron chi connectivity index (χ2n) is 4.83. The number of rotatable bonds is 3. The molecule has 1 aliphatic heterocycles. The van der Waals surface area contributed by atoms with Gasteiger partial charge < -0.3 is 15.7 Å². The van der Waals surface area contributed by atoms with E-state index in [4.69, 9.17) is 5.73 Å². The molecule has 1 amide bonds. The molecule has 4 heteroatoms. The number of amides is 1. The average molecular weight is 248 g/mol. The number of hydrogen-bond acceptors (Lipinski definition) is 3. The Bertz CT molecular complexity index is 420. The number of nitrogen functional groups attached to an aromatic ring is 1. The molecular formula is C14H20N2O2. The Morgan fingerprint density at radius 2 is 2.22 bits per heavy atom. The highest BCUT2D eigenvalue weighted by Crippen LogP contribution is 2.15. The Morgan fingerprint density at radius 3 is 2.94 bits per heavy atom. The second-order valence-corrected chi connectivity index (χ2v) is 4.83. The number of benzene rings is 1. The lowest BCUT2D eigenvalue weighted by Crippen LogP contribution is -2.42. The molecule has 0 radical (unpaired) electrons. The second kappa shape index (κ2) is 5.87. The van der Waals surface area contributed by atoms with Crippen LogP contribution in [0.15, 0.2) is 24.3 Å². The number of nitrogens with two attached hydrogens (primary N) is 1. The predicted octanol–water partition coefficient (Wildman–Crippen LogP) is 1.18. The molecule has 0 unspecified atom stereocenters. The zero-order valence-electron chi connectivity index (χ0n) is 10.5. The van der Waals surface area contributed by atoms with E-state index in [1.54, 1.807) is 4.90 Å². The highest BCUT2D eigenvalue weighted by atomic mass is 16.3. The Labute approximate surface area is 107 Å². The fourth-order valence-electron chi connectivity index (χ4n) is 2.34. The summed E-state index contributed by atoms with van der Waals surface area (Å²) in [5, 5.41) is 9.54. The van der Waals surface area contributed by atoms with Crippen LogP contribution in [0.3, 0.4) is 0 Å². The van der Waals surface area contributed by atoms with Crippen LogP contribution in [0.2, 0.25) is 0 Å². The Hall–Kier alpha value is -1.55. The van der Waals surface area contributed by atoms with Gasteiger partial charge in [0.15, 0.2) is 0 Å². The van der Waals surface area contributed by atoms with Crippen molar-refractivity contribution in [1.82, 2.24) is 4.90 Å². The molecule has 0 spiro atoms. The first-order valence-electron chi connectivity index (χ1n) is 6.46. The normalized spacial score (nSPS) is 19.8. The molecule has 1 heterocycles. The summed E-state index contributed by atoms with van der Waals surface area (Å²) in [7, 11) is 0. The number of hydrogen-bond donors (Lipinski definition) is 2. The number of aryl methyl sites for hydroxylation is 1. The monoisotopic (exact) mass is 248 g/mol. The SMILES string of the molecule is Nc1ccccc1CCC(=O)N1CCC[C@H](O)C1. The first-order chi connectivity index (χ1) is 8.66. The minimum absolute atomic E-state index is 0.108. The number of piperidine rings is 1. The summed E-state index contributed by atoms with van der Waals surface area (Å²) in [6, 6.07) is 7.63. The number of carbonyl (C=O) groups excluding carboxylic acids is 1. The molecule has 1 aliphatic rings. The van der Waals surface area contributed by atoms with Crippen molar-refractivity contribution in [1.29, 1.82) is 0 Å². The van der Waals surface area contributed by atoms with Gasteiger partial charge in [-0.15, -0.1) is 0 Å². The van der Waals surface area contributed by atoms with Gasteiger partial charge in [0, 0.05) is 25.2 Å². The van der Waals surface area contributed by atoms with Crippen molar-refractivity contribution < 1.29 is 9.90 Å². The van der Waals surface area contributed by atoms with Crippen LogP contribution in [0.5, 0.6) is 0 Å². The molecule has 1 aromatic carbocycles. The smallest absolute Gasteiger partial charge is 0.222 e. The molecule has 0 saturated carbocycles. The van der Waals surface area contributed by atoms with E-state index in [0.29, 0.717) is 19.4 Å². The summed E-state index contributed by atoms with van der Waals surface area (Å²) < 4.78 is 0. The maximum Gasteiger partial charge on any atom is 0.222 e. The summed E-state index contributed by atoms with van der Waals surface area (Å²) in [5.41, 5.74) is 7.60. The molecule has 0 aliphatic carbocycles. The lowest BCUT2D eigenvalue weighted by molar-refractivity contribution is -0.134. The van der Waals surface area contributed by atoms with E-state index in [2.05, 4.69) is 0 Å². The van der Waals surface area contributed by atoms with Crippen molar-refractivity contribution in [2.75, 3.05) is 18.8 Å². The van der Waals surface area contributed by atoms with E-state index in [1.165, 1.54) is 0 Å². The largest absolute Gasteiger partial charge is 0.399 e. The van der Waals surface area contributed by atoms with Gasteiger partial charge in [-0.25, -0.2) is 0 Å². The van der Waals surface area contributed by atoms with Gasteiger partial charge in [0.05, 0.1) is 6.10 Å². The molecule has 3 N–H and O–H groups in total. The number of nitrogens with zero attached hydrogens (tertiary/aromatic N) is 1. The van der Waals surface area contributed by atoms with Gasteiger partial charge >= 0.3 is 0 Å².